The van der Waals surface area contributed by atoms with Crippen molar-refractivity contribution in [3.8, 4) is 50.7 Å². The summed E-state index contributed by atoms with van der Waals surface area (Å²) in [7, 11) is 0. The zero-order valence-corrected chi connectivity index (χ0v) is 31.4. The lowest BCUT2D eigenvalue weighted by Crippen LogP contribution is -2.17. The largest absolute Gasteiger partial charge is 0.309 e. The molecule has 0 saturated carbocycles. The number of hydrogen-bond acceptors (Lipinski definition) is 4. The lowest BCUT2D eigenvalue weighted by Gasteiger charge is -2.28. The van der Waals surface area contributed by atoms with E-state index in [2.05, 4.69) is 158 Å². The Morgan fingerprint density at radius 3 is 1.98 bits per heavy atom. The summed E-state index contributed by atoms with van der Waals surface area (Å²) in [6, 6.07) is 58.8. The molecule has 0 amide bonds. The SMILES string of the molecule is CC1(C)c2ccc3c4ccccc4n(-c4cccc(-c5cc(-c6ccccc6)nc(-c6ccccc6)n5)c4)c3c2-c2ccc3c(c21)Sc1ccccc1S3. The molecule has 2 aliphatic rings. The van der Waals surface area contributed by atoms with Gasteiger partial charge in [-0.05, 0) is 59.2 Å². The molecule has 3 heterocycles. The van der Waals surface area contributed by atoms with E-state index in [1.165, 1.54) is 63.6 Å². The molecule has 0 N–H and O–H groups in total. The first kappa shape index (κ1) is 31.6. The van der Waals surface area contributed by atoms with E-state index >= 15 is 0 Å². The highest BCUT2D eigenvalue weighted by atomic mass is 32.2. The van der Waals surface area contributed by atoms with Gasteiger partial charge in [-0.15, -0.1) is 0 Å². The zero-order chi connectivity index (χ0) is 36.0. The molecule has 0 unspecified atom stereocenters. The first-order valence-corrected chi connectivity index (χ1v) is 20.0. The summed E-state index contributed by atoms with van der Waals surface area (Å²) in [5, 5.41) is 2.52. The van der Waals surface area contributed by atoms with Gasteiger partial charge in [0.15, 0.2) is 5.82 Å². The van der Waals surface area contributed by atoms with Gasteiger partial charge in [-0.25, -0.2) is 9.97 Å². The van der Waals surface area contributed by atoms with Crippen LogP contribution in [0.15, 0.2) is 183 Å². The van der Waals surface area contributed by atoms with Crippen LogP contribution in [0.3, 0.4) is 0 Å². The van der Waals surface area contributed by atoms with Crippen molar-refractivity contribution in [2.24, 2.45) is 0 Å². The van der Waals surface area contributed by atoms with Crippen LogP contribution in [0, 0.1) is 0 Å². The summed E-state index contributed by atoms with van der Waals surface area (Å²) in [5.74, 6) is 0.716. The fourth-order valence-corrected chi connectivity index (χ4v) is 11.1. The molecule has 5 heteroatoms. The maximum Gasteiger partial charge on any atom is 0.160 e. The van der Waals surface area contributed by atoms with E-state index in [4.69, 9.17) is 9.97 Å². The molecule has 0 bridgehead atoms. The molecule has 1 aliphatic carbocycles. The maximum atomic E-state index is 5.19. The Kier molecular flexibility index (Phi) is 7.07. The molecule has 0 radical (unpaired) electrons. The van der Waals surface area contributed by atoms with E-state index in [0.29, 0.717) is 5.82 Å². The summed E-state index contributed by atoms with van der Waals surface area (Å²) in [6.45, 7) is 4.82. The highest BCUT2D eigenvalue weighted by Gasteiger charge is 2.41. The van der Waals surface area contributed by atoms with Gasteiger partial charge >= 0.3 is 0 Å². The third-order valence-corrected chi connectivity index (χ3v) is 13.6. The van der Waals surface area contributed by atoms with E-state index in [1.54, 1.807) is 0 Å². The third kappa shape index (κ3) is 4.78. The van der Waals surface area contributed by atoms with Crippen LogP contribution in [0.1, 0.15) is 25.0 Å². The molecule has 3 nitrogen and oxygen atoms in total. The molecule has 54 heavy (non-hydrogen) atoms. The number of hydrogen-bond donors (Lipinski definition) is 0. The summed E-state index contributed by atoms with van der Waals surface area (Å²) in [5.41, 5.74) is 13.8. The van der Waals surface area contributed by atoms with E-state index in [0.717, 1.165) is 33.8 Å². The number of fused-ring (bicyclic) bond motifs is 10. The van der Waals surface area contributed by atoms with Crippen LogP contribution in [0.4, 0.5) is 0 Å². The van der Waals surface area contributed by atoms with Crippen LogP contribution >= 0.6 is 23.5 Å². The predicted octanol–water partition coefficient (Wildman–Crippen LogP) is 13.5. The molecule has 1 aliphatic heterocycles. The molecule has 2 aromatic heterocycles. The molecule has 9 aromatic rings. The number of aromatic nitrogens is 3. The van der Waals surface area contributed by atoms with Crippen molar-refractivity contribution >= 4 is 45.3 Å². The number of rotatable bonds is 4. The second kappa shape index (κ2) is 12.1. The maximum absolute atomic E-state index is 5.19. The van der Waals surface area contributed by atoms with E-state index in [-0.39, 0.29) is 5.41 Å². The molecule has 0 atom stereocenters. The monoisotopic (exact) mass is 727 g/mol. The molecule has 0 spiro atoms. The first-order valence-electron chi connectivity index (χ1n) is 18.3. The van der Waals surface area contributed by atoms with Crippen molar-refractivity contribution in [1.29, 1.82) is 0 Å². The number of nitrogens with zero attached hydrogens (tertiary/aromatic N) is 3. The Morgan fingerprint density at radius 1 is 0.519 bits per heavy atom. The topological polar surface area (TPSA) is 30.7 Å². The Morgan fingerprint density at radius 2 is 1.19 bits per heavy atom. The minimum absolute atomic E-state index is 0.171. The van der Waals surface area contributed by atoms with Crippen molar-refractivity contribution in [1.82, 2.24) is 14.5 Å². The Hall–Kier alpha value is -5.88. The van der Waals surface area contributed by atoms with Crippen LogP contribution in [0.25, 0.3) is 72.5 Å². The van der Waals surface area contributed by atoms with Gasteiger partial charge in [0, 0.05) is 63.7 Å². The quantitative estimate of drug-likeness (QED) is 0.181. The molecular weight excluding hydrogens is 695 g/mol. The molecule has 0 fully saturated rings. The average molecular weight is 728 g/mol. The Labute approximate surface area is 322 Å². The minimum Gasteiger partial charge on any atom is -0.309 e. The second-order valence-corrected chi connectivity index (χ2v) is 16.7. The highest BCUT2D eigenvalue weighted by molar-refractivity contribution is 8.05. The van der Waals surface area contributed by atoms with Gasteiger partial charge in [-0.1, -0.05) is 159 Å². The van der Waals surface area contributed by atoms with Crippen molar-refractivity contribution in [2.45, 2.75) is 38.8 Å². The van der Waals surface area contributed by atoms with Gasteiger partial charge in [0.05, 0.1) is 22.4 Å². The van der Waals surface area contributed by atoms with E-state index in [9.17, 15) is 0 Å². The zero-order valence-electron chi connectivity index (χ0n) is 29.7. The van der Waals surface area contributed by atoms with E-state index < -0.39 is 0 Å². The summed E-state index contributed by atoms with van der Waals surface area (Å²) in [6.07, 6.45) is 0. The molecular formula is C49H33N3S2. The smallest absolute Gasteiger partial charge is 0.160 e. The van der Waals surface area contributed by atoms with Gasteiger partial charge in [-0.3, -0.25) is 0 Å². The van der Waals surface area contributed by atoms with Crippen LogP contribution < -0.4 is 0 Å². The van der Waals surface area contributed by atoms with Crippen molar-refractivity contribution < 1.29 is 0 Å². The van der Waals surface area contributed by atoms with E-state index in [1.807, 2.05) is 47.8 Å². The number of benzene rings is 7. The van der Waals surface area contributed by atoms with Crippen LogP contribution in [0.5, 0.6) is 0 Å². The van der Waals surface area contributed by atoms with Gasteiger partial charge < -0.3 is 4.57 Å². The standard InChI is InChI=1S/C49H33N3S2/c1-49(2)37-26-24-35-34-20-9-10-21-40(34)52(46(35)44(37)36-25-27-43-47(45(36)49)54-42-23-12-11-22-41(42)53-43)33-19-13-18-32(28-33)39-29-38(30-14-5-3-6-15-30)50-48(51-39)31-16-7-4-8-17-31/h3-29H,1-2H3. The van der Waals surface area contributed by atoms with Crippen LogP contribution in [0.2, 0.25) is 0 Å². The summed E-state index contributed by atoms with van der Waals surface area (Å²) < 4.78 is 2.49. The van der Waals surface area contributed by atoms with Gasteiger partial charge in [0.1, 0.15) is 0 Å². The second-order valence-electron chi connectivity index (χ2n) is 14.6. The van der Waals surface area contributed by atoms with Crippen LogP contribution in [-0.4, -0.2) is 14.5 Å². The fraction of sp³-hybridized carbons (Fsp3) is 0.0612. The fourth-order valence-electron chi connectivity index (χ4n) is 8.55. The van der Waals surface area contributed by atoms with Crippen molar-refractivity contribution in [3.05, 3.63) is 175 Å². The predicted molar refractivity (Wildman–Crippen MR) is 225 cm³/mol. The lowest BCUT2D eigenvalue weighted by molar-refractivity contribution is 0.642. The summed E-state index contributed by atoms with van der Waals surface area (Å²) >= 11 is 3.83. The first-order chi connectivity index (χ1) is 26.5. The highest BCUT2D eigenvalue weighted by Crippen LogP contribution is 2.60. The Bertz CT molecular complexity index is 2910. The normalized spacial score (nSPS) is 13.7. The van der Waals surface area contributed by atoms with Gasteiger partial charge in [0.25, 0.3) is 0 Å². The van der Waals surface area contributed by atoms with Crippen LogP contribution in [-0.2, 0) is 5.41 Å². The van der Waals surface area contributed by atoms with Gasteiger partial charge in [0.2, 0.25) is 0 Å². The minimum atomic E-state index is -0.171. The van der Waals surface area contributed by atoms with Crippen molar-refractivity contribution in [2.75, 3.05) is 0 Å². The molecule has 7 aromatic carbocycles. The third-order valence-electron chi connectivity index (χ3n) is 11.0. The lowest BCUT2D eigenvalue weighted by atomic mass is 9.82. The Balaban J connectivity index is 1.14. The molecule has 0 saturated heterocycles. The van der Waals surface area contributed by atoms with Gasteiger partial charge in [-0.2, -0.15) is 0 Å². The summed E-state index contributed by atoms with van der Waals surface area (Å²) in [4.78, 5) is 15.6. The average Bonchev–Trinajstić information content (AvgIpc) is 3.69. The molecule has 11 rings (SSSR count). The van der Waals surface area contributed by atoms with Crippen molar-refractivity contribution in [3.63, 3.8) is 0 Å². The number of para-hydroxylation sites is 1. The molecule has 256 valence electrons.